The van der Waals surface area contributed by atoms with Crippen molar-refractivity contribution in [2.45, 2.75) is 6.92 Å². The second-order valence-corrected chi connectivity index (χ2v) is 4.04. The van der Waals surface area contributed by atoms with Gasteiger partial charge in [-0.2, -0.15) is 5.26 Å². The summed E-state index contributed by atoms with van der Waals surface area (Å²) < 4.78 is 1.83. The first-order valence-corrected chi connectivity index (χ1v) is 5.55. The summed E-state index contributed by atoms with van der Waals surface area (Å²) in [5.74, 6) is -0.100. The van der Waals surface area contributed by atoms with E-state index >= 15 is 0 Å². The van der Waals surface area contributed by atoms with Gasteiger partial charge in [-0.3, -0.25) is 4.79 Å². The number of rotatable bonds is 2. The molecule has 1 N–H and O–H groups in total. The van der Waals surface area contributed by atoms with Gasteiger partial charge in [-0.05, 0) is 24.3 Å². The Balaban J connectivity index is 2.42. The number of carbonyl (C=O) groups excluding carboxylic acids is 1. The van der Waals surface area contributed by atoms with Crippen molar-refractivity contribution in [3.05, 3.63) is 42.1 Å². The fourth-order valence-corrected chi connectivity index (χ4v) is 1.87. The topological polar surface area (TPSA) is 57.8 Å². The molecule has 1 amide bonds. The van der Waals surface area contributed by atoms with Gasteiger partial charge in [-0.25, -0.2) is 0 Å². The largest absolute Gasteiger partial charge is 0.335 e. The Bertz CT molecular complexity index is 635. The van der Waals surface area contributed by atoms with Gasteiger partial charge in [-0.15, -0.1) is 0 Å². The molecule has 0 spiro atoms. The van der Waals surface area contributed by atoms with Crippen molar-refractivity contribution in [1.82, 2.24) is 4.57 Å². The third-order valence-corrected chi connectivity index (χ3v) is 2.72. The second kappa shape index (κ2) is 4.76. The summed E-state index contributed by atoms with van der Waals surface area (Å²) in [7, 11) is 1.85. The number of anilines is 1. The molecule has 90 valence electrons. The van der Waals surface area contributed by atoms with Crippen LogP contribution in [0.2, 0.25) is 0 Å². The van der Waals surface area contributed by atoms with Crippen LogP contribution in [0.25, 0.3) is 11.3 Å². The van der Waals surface area contributed by atoms with Gasteiger partial charge in [0.15, 0.2) is 0 Å². The zero-order valence-corrected chi connectivity index (χ0v) is 10.3. The fourth-order valence-electron chi connectivity index (χ4n) is 1.87. The maximum atomic E-state index is 11.0. The molecule has 0 saturated carbocycles. The summed E-state index contributed by atoms with van der Waals surface area (Å²) >= 11 is 0. The molecular formula is C14H13N3O. The van der Waals surface area contributed by atoms with Gasteiger partial charge in [0.05, 0.1) is 0 Å². The summed E-state index contributed by atoms with van der Waals surface area (Å²) in [6.45, 7) is 1.48. The van der Waals surface area contributed by atoms with Gasteiger partial charge < -0.3 is 9.88 Å². The van der Waals surface area contributed by atoms with Crippen LogP contribution in [0, 0.1) is 11.3 Å². The van der Waals surface area contributed by atoms with E-state index < -0.39 is 0 Å². The number of benzene rings is 1. The number of aromatic nitrogens is 1. The number of nitrogens with zero attached hydrogens (tertiary/aromatic N) is 2. The van der Waals surface area contributed by atoms with Gasteiger partial charge in [0.25, 0.3) is 0 Å². The summed E-state index contributed by atoms with van der Waals surface area (Å²) in [6, 6.07) is 13.3. The van der Waals surface area contributed by atoms with Crippen molar-refractivity contribution in [1.29, 1.82) is 5.26 Å². The molecule has 1 aromatic heterocycles. The smallest absolute Gasteiger partial charge is 0.221 e. The first kappa shape index (κ1) is 11.9. The van der Waals surface area contributed by atoms with E-state index in [2.05, 4.69) is 11.4 Å². The van der Waals surface area contributed by atoms with Crippen molar-refractivity contribution in [3.63, 3.8) is 0 Å². The number of amides is 1. The lowest BCUT2D eigenvalue weighted by atomic mass is 10.1. The van der Waals surface area contributed by atoms with Gasteiger partial charge in [-0.1, -0.05) is 12.1 Å². The second-order valence-electron chi connectivity index (χ2n) is 4.04. The molecule has 2 rings (SSSR count). The van der Waals surface area contributed by atoms with Crippen LogP contribution in [-0.4, -0.2) is 10.5 Å². The normalized spacial score (nSPS) is 9.83. The zero-order chi connectivity index (χ0) is 13.1. The molecule has 0 aliphatic heterocycles. The maximum absolute atomic E-state index is 11.0. The van der Waals surface area contributed by atoms with Gasteiger partial charge in [0, 0.05) is 30.9 Å². The SMILES string of the molecule is CC(=O)Nc1cccc(-c2ccc(C#N)n2C)c1. The number of nitrogens with one attached hydrogen (secondary N) is 1. The minimum atomic E-state index is -0.100. The lowest BCUT2D eigenvalue weighted by Crippen LogP contribution is -2.05. The number of carbonyl (C=O) groups is 1. The lowest BCUT2D eigenvalue weighted by Gasteiger charge is -2.07. The highest BCUT2D eigenvalue weighted by atomic mass is 16.1. The average Bonchev–Trinajstić information content (AvgIpc) is 2.70. The van der Waals surface area contributed by atoms with Crippen molar-refractivity contribution in [2.24, 2.45) is 7.05 Å². The van der Waals surface area contributed by atoms with Crippen LogP contribution in [-0.2, 0) is 11.8 Å². The first-order valence-electron chi connectivity index (χ1n) is 5.55. The predicted molar refractivity (Wildman–Crippen MR) is 69.9 cm³/mol. The Hall–Kier alpha value is -2.54. The summed E-state index contributed by atoms with van der Waals surface area (Å²) in [4.78, 5) is 11.0. The summed E-state index contributed by atoms with van der Waals surface area (Å²) in [5.41, 5.74) is 3.26. The monoisotopic (exact) mass is 239 g/mol. The van der Waals surface area contributed by atoms with Gasteiger partial charge in [0.1, 0.15) is 11.8 Å². The van der Waals surface area contributed by atoms with E-state index in [9.17, 15) is 4.79 Å². The third-order valence-electron chi connectivity index (χ3n) is 2.72. The molecule has 0 radical (unpaired) electrons. The van der Waals surface area contributed by atoms with Crippen molar-refractivity contribution < 1.29 is 4.79 Å². The maximum Gasteiger partial charge on any atom is 0.221 e. The molecule has 0 atom stereocenters. The molecule has 4 heteroatoms. The fraction of sp³-hybridized carbons (Fsp3) is 0.143. The van der Waals surface area contributed by atoms with Crippen molar-refractivity contribution in [3.8, 4) is 17.3 Å². The number of nitriles is 1. The average molecular weight is 239 g/mol. The molecule has 0 aliphatic carbocycles. The molecular weight excluding hydrogens is 226 g/mol. The minimum Gasteiger partial charge on any atom is -0.335 e. The first-order chi connectivity index (χ1) is 8.61. The number of hydrogen-bond acceptors (Lipinski definition) is 2. The van der Waals surface area contributed by atoms with Crippen molar-refractivity contribution >= 4 is 11.6 Å². The van der Waals surface area contributed by atoms with E-state index in [1.165, 1.54) is 6.92 Å². The van der Waals surface area contributed by atoms with E-state index in [0.29, 0.717) is 5.69 Å². The molecule has 0 aliphatic rings. The Morgan fingerprint density at radius 1 is 1.33 bits per heavy atom. The lowest BCUT2D eigenvalue weighted by molar-refractivity contribution is -0.114. The summed E-state index contributed by atoms with van der Waals surface area (Å²) in [5, 5.41) is 11.7. The van der Waals surface area contributed by atoms with Gasteiger partial charge >= 0.3 is 0 Å². The standard InChI is InChI=1S/C14H13N3O/c1-10(18)16-12-5-3-4-11(8-12)14-7-6-13(9-15)17(14)2/h3-8H,1-2H3,(H,16,18). The van der Waals surface area contributed by atoms with Crippen LogP contribution in [0.3, 0.4) is 0 Å². The van der Waals surface area contributed by atoms with Crippen LogP contribution >= 0.6 is 0 Å². The Morgan fingerprint density at radius 2 is 2.11 bits per heavy atom. The molecule has 4 nitrogen and oxygen atoms in total. The van der Waals surface area contributed by atoms with E-state index in [-0.39, 0.29) is 5.91 Å². The highest BCUT2D eigenvalue weighted by molar-refractivity contribution is 5.89. The summed E-state index contributed by atoms with van der Waals surface area (Å²) in [6.07, 6.45) is 0. The Kier molecular flexibility index (Phi) is 3.16. The quantitative estimate of drug-likeness (QED) is 0.875. The Labute approximate surface area is 105 Å². The molecule has 1 heterocycles. The molecule has 0 bridgehead atoms. The van der Waals surface area contributed by atoms with Crippen LogP contribution in [0.4, 0.5) is 5.69 Å². The molecule has 0 saturated heterocycles. The zero-order valence-electron chi connectivity index (χ0n) is 10.3. The third kappa shape index (κ3) is 2.25. The molecule has 0 unspecified atom stereocenters. The van der Waals surface area contributed by atoms with E-state index in [4.69, 9.17) is 5.26 Å². The van der Waals surface area contributed by atoms with Crippen LogP contribution in [0.1, 0.15) is 12.6 Å². The van der Waals surface area contributed by atoms with Crippen LogP contribution in [0.15, 0.2) is 36.4 Å². The van der Waals surface area contributed by atoms with E-state index in [1.807, 2.05) is 41.9 Å². The number of hydrogen-bond donors (Lipinski definition) is 1. The van der Waals surface area contributed by atoms with Crippen LogP contribution in [0.5, 0.6) is 0 Å². The molecule has 1 aromatic carbocycles. The Morgan fingerprint density at radius 3 is 2.72 bits per heavy atom. The molecule has 18 heavy (non-hydrogen) atoms. The predicted octanol–water partition coefficient (Wildman–Crippen LogP) is 2.52. The highest BCUT2D eigenvalue weighted by Gasteiger charge is 2.07. The van der Waals surface area contributed by atoms with Gasteiger partial charge in [0.2, 0.25) is 5.91 Å². The van der Waals surface area contributed by atoms with E-state index in [0.717, 1.165) is 16.9 Å². The van der Waals surface area contributed by atoms with Crippen LogP contribution < -0.4 is 5.32 Å². The van der Waals surface area contributed by atoms with E-state index in [1.54, 1.807) is 6.07 Å². The molecule has 2 aromatic rings. The minimum absolute atomic E-state index is 0.100. The highest BCUT2D eigenvalue weighted by Crippen LogP contribution is 2.24. The van der Waals surface area contributed by atoms with Crippen molar-refractivity contribution in [2.75, 3.05) is 5.32 Å². The molecule has 0 fully saturated rings.